The number of likely N-dealkylation sites (tertiary alicyclic amines) is 1. The second kappa shape index (κ2) is 7.97. The van der Waals surface area contributed by atoms with Gasteiger partial charge in [0, 0.05) is 31.8 Å². The molecule has 1 aliphatic rings. The second-order valence-electron chi connectivity index (χ2n) is 5.88. The first-order chi connectivity index (χ1) is 11.0. The van der Waals surface area contributed by atoms with Gasteiger partial charge in [0.15, 0.2) is 6.23 Å². The number of nitrogens with one attached hydrogen (secondary N) is 2. The quantitative estimate of drug-likeness (QED) is 0.555. The number of amides is 1. The Morgan fingerprint density at radius 2 is 2.09 bits per heavy atom. The number of hydrogen-bond donors (Lipinski definition) is 3. The Hall–Kier alpha value is -2.08. The van der Waals surface area contributed by atoms with Crippen LogP contribution in [-0.2, 0) is 4.79 Å². The second-order valence-corrected chi connectivity index (χ2v) is 5.88. The molecule has 6 heteroatoms. The van der Waals surface area contributed by atoms with Gasteiger partial charge in [-0.25, -0.2) is 0 Å². The summed E-state index contributed by atoms with van der Waals surface area (Å²) in [7, 11) is 0. The molecule has 1 unspecified atom stereocenters. The van der Waals surface area contributed by atoms with Crippen molar-refractivity contribution in [3.63, 3.8) is 0 Å². The van der Waals surface area contributed by atoms with E-state index in [-0.39, 0.29) is 18.0 Å². The van der Waals surface area contributed by atoms with E-state index in [1.54, 1.807) is 18.2 Å². The molecule has 1 fully saturated rings. The van der Waals surface area contributed by atoms with Crippen LogP contribution >= 0.6 is 0 Å². The predicted molar refractivity (Wildman–Crippen MR) is 91.9 cm³/mol. The first kappa shape index (κ1) is 17.3. The lowest BCUT2D eigenvalue weighted by Gasteiger charge is -2.34. The first-order valence-corrected chi connectivity index (χ1v) is 8.18. The molecule has 0 radical (unpaired) electrons. The Kier molecular flexibility index (Phi) is 5.98. The molecule has 1 aliphatic heterocycles. The van der Waals surface area contributed by atoms with E-state index >= 15 is 0 Å². The molecule has 2 rings (SSSR count). The highest BCUT2D eigenvalue weighted by molar-refractivity contribution is 5.99. The van der Waals surface area contributed by atoms with Crippen LogP contribution in [0.15, 0.2) is 18.2 Å². The van der Waals surface area contributed by atoms with Gasteiger partial charge in [-0.1, -0.05) is 13.3 Å². The van der Waals surface area contributed by atoms with Crippen molar-refractivity contribution in [2.45, 2.75) is 45.8 Å². The SMILES string of the molecule is CCC(Oc1cc(NC(C)=O)ccc1C(=N)N)N1CCCCC1. The van der Waals surface area contributed by atoms with Crippen LogP contribution in [0.1, 0.15) is 45.1 Å². The molecule has 0 spiro atoms. The third-order valence-corrected chi connectivity index (χ3v) is 4.00. The van der Waals surface area contributed by atoms with Crippen molar-refractivity contribution in [3.8, 4) is 5.75 Å². The topological polar surface area (TPSA) is 91.4 Å². The normalized spacial score (nSPS) is 16.6. The molecule has 126 valence electrons. The first-order valence-electron chi connectivity index (χ1n) is 8.18. The Labute approximate surface area is 137 Å². The number of rotatable bonds is 6. The molecule has 0 aliphatic carbocycles. The molecule has 4 N–H and O–H groups in total. The minimum absolute atomic E-state index is 0.0390. The van der Waals surface area contributed by atoms with Crippen LogP contribution in [0.4, 0.5) is 5.69 Å². The highest BCUT2D eigenvalue weighted by atomic mass is 16.5. The summed E-state index contributed by atoms with van der Waals surface area (Å²) in [6, 6.07) is 5.18. The summed E-state index contributed by atoms with van der Waals surface area (Å²) in [4.78, 5) is 13.6. The monoisotopic (exact) mass is 318 g/mol. The summed E-state index contributed by atoms with van der Waals surface area (Å²) in [5, 5.41) is 10.5. The number of amidine groups is 1. The highest BCUT2D eigenvalue weighted by Crippen LogP contribution is 2.26. The standard InChI is InChI=1S/C17H26N4O2/c1-3-16(21-9-5-4-6-10-21)23-15-11-13(20-12(2)22)7-8-14(15)17(18)19/h7-8,11,16H,3-6,9-10H2,1-2H3,(H3,18,19)(H,20,22). The van der Waals surface area contributed by atoms with E-state index in [0.717, 1.165) is 19.5 Å². The average Bonchev–Trinajstić information content (AvgIpc) is 2.52. The van der Waals surface area contributed by atoms with Gasteiger partial charge in [0.25, 0.3) is 0 Å². The number of anilines is 1. The van der Waals surface area contributed by atoms with E-state index in [9.17, 15) is 4.79 Å². The van der Waals surface area contributed by atoms with Crippen molar-refractivity contribution >= 4 is 17.4 Å². The van der Waals surface area contributed by atoms with E-state index < -0.39 is 0 Å². The molecule has 0 bridgehead atoms. The minimum atomic E-state index is -0.144. The summed E-state index contributed by atoms with van der Waals surface area (Å²) in [6.07, 6.45) is 4.45. The van der Waals surface area contributed by atoms with E-state index in [2.05, 4.69) is 17.1 Å². The number of carbonyl (C=O) groups excluding carboxylic acids is 1. The highest BCUT2D eigenvalue weighted by Gasteiger charge is 2.22. The maximum Gasteiger partial charge on any atom is 0.221 e. The lowest BCUT2D eigenvalue weighted by atomic mass is 10.1. The van der Waals surface area contributed by atoms with Gasteiger partial charge in [-0.15, -0.1) is 0 Å². The molecule has 6 nitrogen and oxygen atoms in total. The maximum atomic E-state index is 11.2. The van der Waals surface area contributed by atoms with Gasteiger partial charge in [0.2, 0.25) is 5.91 Å². The summed E-state index contributed by atoms with van der Waals surface area (Å²) in [5.41, 5.74) is 6.86. The lowest BCUT2D eigenvalue weighted by molar-refractivity contribution is -0.114. The van der Waals surface area contributed by atoms with Crippen LogP contribution in [0.25, 0.3) is 0 Å². The van der Waals surface area contributed by atoms with Crippen molar-refractivity contribution in [2.75, 3.05) is 18.4 Å². The fourth-order valence-corrected chi connectivity index (χ4v) is 2.89. The van der Waals surface area contributed by atoms with E-state index in [4.69, 9.17) is 15.9 Å². The molecule has 1 atom stereocenters. The zero-order chi connectivity index (χ0) is 16.8. The molecular weight excluding hydrogens is 292 g/mol. The predicted octanol–water partition coefficient (Wildman–Crippen LogP) is 2.53. The Bertz CT molecular complexity index is 568. The minimum Gasteiger partial charge on any atom is -0.474 e. The van der Waals surface area contributed by atoms with Crippen LogP contribution in [0, 0.1) is 5.41 Å². The fourth-order valence-electron chi connectivity index (χ4n) is 2.89. The van der Waals surface area contributed by atoms with Crippen LogP contribution in [0.5, 0.6) is 5.75 Å². The Morgan fingerprint density at radius 1 is 1.39 bits per heavy atom. The molecule has 0 aromatic heterocycles. The Balaban J connectivity index is 2.23. The number of nitrogens with zero attached hydrogens (tertiary/aromatic N) is 1. The fraction of sp³-hybridized carbons (Fsp3) is 0.529. The number of hydrogen-bond acceptors (Lipinski definition) is 4. The van der Waals surface area contributed by atoms with E-state index in [1.165, 1.54) is 26.2 Å². The van der Waals surface area contributed by atoms with Gasteiger partial charge in [0.05, 0.1) is 5.56 Å². The third kappa shape index (κ3) is 4.69. The summed E-state index contributed by atoms with van der Waals surface area (Å²) in [5.74, 6) is 0.360. The smallest absolute Gasteiger partial charge is 0.221 e. The molecule has 1 aromatic carbocycles. The van der Waals surface area contributed by atoms with Gasteiger partial charge < -0.3 is 15.8 Å². The van der Waals surface area contributed by atoms with Crippen molar-refractivity contribution in [1.82, 2.24) is 4.90 Å². The van der Waals surface area contributed by atoms with Crippen LogP contribution in [0.3, 0.4) is 0 Å². The molecule has 1 amide bonds. The maximum absolute atomic E-state index is 11.2. The molecule has 1 saturated heterocycles. The van der Waals surface area contributed by atoms with Crippen molar-refractivity contribution in [2.24, 2.45) is 5.73 Å². The van der Waals surface area contributed by atoms with Crippen LogP contribution in [-0.4, -0.2) is 36.0 Å². The van der Waals surface area contributed by atoms with Gasteiger partial charge in [0.1, 0.15) is 11.6 Å². The largest absolute Gasteiger partial charge is 0.474 e. The van der Waals surface area contributed by atoms with Gasteiger partial charge >= 0.3 is 0 Å². The number of nitrogen functional groups attached to an aromatic ring is 1. The van der Waals surface area contributed by atoms with Crippen LogP contribution in [0.2, 0.25) is 0 Å². The van der Waals surface area contributed by atoms with E-state index in [1.807, 2.05) is 0 Å². The summed E-state index contributed by atoms with van der Waals surface area (Å²) in [6.45, 7) is 5.60. The summed E-state index contributed by atoms with van der Waals surface area (Å²) < 4.78 is 6.17. The molecule has 1 aromatic rings. The van der Waals surface area contributed by atoms with Crippen molar-refractivity contribution < 1.29 is 9.53 Å². The number of piperidine rings is 1. The van der Waals surface area contributed by atoms with Crippen molar-refractivity contribution in [1.29, 1.82) is 5.41 Å². The van der Waals surface area contributed by atoms with Crippen molar-refractivity contribution in [3.05, 3.63) is 23.8 Å². The zero-order valence-corrected chi connectivity index (χ0v) is 13.9. The third-order valence-electron chi connectivity index (χ3n) is 4.00. The van der Waals surface area contributed by atoms with Gasteiger partial charge in [-0.2, -0.15) is 0 Å². The molecule has 1 heterocycles. The summed E-state index contributed by atoms with van der Waals surface area (Å²) >= 11 is 0. The molecule has 0 saturated carbocycles. The average molecular weight is 318 g/mol. The Morgan fingerprint density at radius 3 is 2.65 bits per heavy atom. The van der Waals surface area contributed by atoms with Gasteiger partial charge in [-0.05, 0) is 31.4 Å². The number of ether oxygens (including phenoxy) is 1. The number of benzene rings is 1. The molecular formula is C17H26N4O2. The van der Waals surface area contributed by atoms with Crippen LogP contribution < -0.4 is 15.8 Å². The number of carbonyl (C=O) groups is 1. The zero-order valence-electron chi connectivity index (χ0n) is 13.9. The van der Waals surface area contributed by atoms with Gasteiger partial charge in [-0.3, -0.25) is 15.1 Å². The molecule has 23 heavy (non-hydrogen) atoms. The lowest BCUT2D eigenvalue weighted by Crippen LogP contribution is -2.42. The van der Waals surface area contributed by atoms with E-state index in [0.29, 0.717) is 17.0 Å². The number of nitrogens with two attached hydrogens (primary N) is 1.